The molecule has 0 atom stereocenters. The molecule has 0 aliphatic heterocycles. The Kier molecular flexibility index (Phi) is 11.1. The minimum absolute atomic E-state index is 0.0691. The highest BCUT2D eigenvalue weighted by Gasteiger charge is 2.17. The maximum absolute atomic E-state index is 13.6. The number of phenolic OH excluding ortho intramolecular Hbond substituents is 1. The summed E-state index contributed by atoms with van der Waals surface area (Å²) in [5.74, 6) is -1.10. The summed E-state index contributed by atoms with van der Waals surface area (Å²) in [4.78, 5) is 0. The average molecular weight is 283 g/mol. The Morgan fingerprint density at radius 1 is 1.10 bits per heavy atom. The molecule has 4 N–H and O–H groups in total. The molecule has 0 bridgehead atoms. The average Bonchev–Trinajstić information content (AvgIpc) is 2.51. The van der Waals surface area contributed by atoms with Crippen molar-refractivity contribution in [2.75, 3.05) is 5.73 Å². The van der Waals surface area contributed by atoms with Crippen LogP contribution >= 0.6 is 0 Å². The molecule has 4 heteroatoms. The molecule has 1 rings (SSSR count). The van der Waals surface area contributed by atoms with Crippen LogP contribution in [0.3, 0.4) is 0 Å². The van der Waals surface area contributed by atoms with Crippen molar-refractivity contribution in [3.63, 3.8) is 0 Å². The first-order valence-corrected chi connectivity index (χ1v) is 6.82. The summed E-state index contributed by atoms with van der Waals surface area (Å²) in [6.45, 7) is 11.2. The highest BCUT2D eigenvalue weighted by molar-refractivity contribution is 5.83. The van der Waals surface area contributed by atoms with Crippen LogP contribution in [0.15, 0.2) is 30.0 Å². The largest absolute Gasteiger partial charge is 0.508 e. The second-order valence-electron chi connectivity index (χ2n) is 3.24. The second-order valence-corrected chi connectivity index (χ2v) is 3.24. The van der Waals surface area contributed by atoms with Gasteiger partial charge in [-0.05, 0) is 32.1 Å². The molecular formula is C16H26FNO2. The third-order valence-electron chi connectivity index (χ3n) is 2.27. The number of allylic oxidation sites excluding steroid dienone is 3. The second kappa shape index (κ2) is 10.9. The lowest BCUT2D eigenvalue weighted by Crippen LogP contribution is -1.97. The van der Waals surface area contributed by atoms with Crippen LogP contribution in [0.2, 0.25) is 0 Å². The zero-order valence-corrected chi connectivity index (χ0v) is 13.2. The van der Waals surface area contributed by atoms with Gasteiger partial charge in [0.1, 0.15) is 17.3 Å². The van der Waals surface area contributed by atoms with Crippen LogP contribution in [0.5, 0.6) is 5.75 Å². The standard InChI is InChI=1S/C12H14FNO2.2C2H6/c1-3-7(10(15)4-2)11-8(13)5-6-9(14)12(11)16;2*1-2/h3-6,15-16H,14H2,1-2H3;2*1-2H3/b7-3+,10-4+;;. The van der Waals surface area contributed by atoms with Gasteiger partial charge in [-0.3, -0.25) is 0 Å². The lowest BCUT2D eigenvalue weighted by molar-refractivity contribution is 0.432. The van der Waals surface area contributed by atoms with Gasteiger partial charge in [-0.1, -0.05) is 33.8 Å². The van der Waals surface area contributed by atoms with Gasteiger partial charge in [0.2, 0.25) is 0 Å². The van der Waals surface area contributed by atoms with Gasteiger partial charge >= 0.3 is 0 Å². The Morgan fingerprint density at radius 2 is 1.60 bits per heavy atom. The number of aromatic hydroxyl groups is 1. The number of hydrogen-bond donors (Lipinski definition) is 3. The SMILES string of the molecule is C/C=C(\C(O)=C/C)c1c(F)ccc(N)c1O.CC.CC. The van der Waals surface area contributed by atoms with Crippen molar-refractivity contribution >= 4 is 11.3 Å². The van der Waals surface area contributed by atoms with Crippen molar-refractivity contribution in [1.82, 2.24) is 0 Å². The fourth-order valence-corrected chi connectivity index (χ4v) is 1.41. The lowest BCUT2D eigenvalue weighted by atomic mass is 10.0. The number of rotatable bonds is 2. The highest BCUT2D eigenvalue weighted by Crippen LogP contribution is 2.35. The van der Waals surface area contributed by atoms with Gasteiger partial charge in [0.25, 0.3) is 0 Å². The number of halogens is 1. The van der Waals surface area contributed by atoms with Crippen molar-refractivity contribution in [3.05, 3.63) is 41.4 Å². The van der Waals surface area contributed by atoms with E-state index in [1.165, 1.54) is 18.2 Å². The summed E-state index contributed by atoms with van der Waals surface area (Å²) in [5.41, 5.74) is 5.68. The fraction of sp³-hybridized carbons (Fsp3) is 0.375. The Balaban J connectivity index is 0. The third-order valence-corrected chi connectivity index (χ3v) is 2.27. The van der Waals surface area contributed by atoms with Gasteiger partial charge in [-0.2, -0.15) is 0 Å². The quantitative estimate of drug-likeness (QED) is 0.308. The molecule has 0 saturated heterocycles. The molecule has 0 unspecified atom stereocenters. The Bertz CT molecular complexity index is 466. The number of phenols is 1. The van der Waals surface area contributed by atoms with Crippen LogP contribution in [0.25, 0.3) is 5.57 Å². The Morgan fingerprint density at radius 3 is 2.00 bits per heavy atom. The number of aliphatic hydroxyl groups excluding tert-OH is 1. The molecule has 0 radical (unpaired) electrons. The fourth-order valence-electron chi connectivity index (χ4n) is 1.41. The number of nitrogens with two attached hydrogens (primary N) is 1. The van der Waals surface area contributed by atoms with E-state index in [4.69, 9.17) is 5.73 Å². The zero-order chi connectivity index (χ0) is 16.3. The molecule has 0 heterocycles. The van der Waals surface area contributed by atoms with Gasteiger partial charge in [0.05, 0.1) is 11.3 Å². The molecular weight excluding hydrogens is 257 g/mol. The lowest BCUT2D eigenvalue weighted by Gasteiger charge is -2.11. The van der Waals surface area contributed by atoms with Gasteiger partial charge in [0, 0.05) is 5.57 Å². The van der Waals surface area contributed by atoms with E-state index < -0.39 is 5.82 Å². The maximum atomic E-state index is 13.6. The van der Waals surface area contributed by atoms with E-state index in [1.807, 2.05) is 27.7 Å². The summed E-state index contributed by atoms with van der Waals surface area (Å²) in [6.07, 6.45) is 2.92. The van der Waals surface area contributed by atoms with Crippen molar-refractivity contribution < 1.29 is 14.6 Å². The van der Waals surface area contributed by atoms with E-state index >= 15 is 0 Å². The van der Waals surface area contributed by atoms with Crippen LogP contribution in [0, 0.1) is 5.82 Å². The predicted molar refractivity (Wildman–Crippen MR) is 85.2 cm³/mol. The molecule has 0 amide bonds. The van der Waals surface area contributed by atoms with E-state index in [0.29, 0.717) is 0 Å². The minimum atomic E-state index is -0.631. The summed E-state index contributed by atoms with van der Waals surface area (Å²) < 4.78 is 13.6. The van der Waals surface area contributed by atoms with Crippen molar-refractivity contribution in [1.29, 1.82) is 0 Å². The van der Waals surface area contributed by atoms with Gasteiger partial charge in [-0.15, -0.1) is 0 Å². The third kappa shape index (κ3) is 4.96. The molecule has 3 nitrogen and oxygen atoms in total. The topological polar surface area (TPSA) is 66.5 Å². The molecule has 0 aliphatic carbocycles. The molecule has 0 aliphatic rings. The summed E-state index contributed by atoms with van der Waals surface area (Å²) in [7, 11) is 0. The zero-order valence-electron chi connectivity index (χ0n) is 13.2. The van der Waals surface area contributed by atoms with Crippen LogP contribution in [-0.4, -0.2) is 10.2 Å². The number of aliphatic hydroxyl groups is 1. The van der Waals surface area contributed by atoms with Gasteiger partial charge < -0.3 is 15.9 Å². The first-order chi connectivity index (χ1) is 9.52. The van der Waals surface area contributed by atoms with Gasteiger partial charge in [0.15, 0.2) is 0 Å². The molecule has 114 valence electrons. The van der Waals surface area contributed by atoms with E-state index in [1.54, 1.807) is 13.8 Å². The van der Waals surface area contributed by atoms with Crippen molar-refractivity contribution in [2.24, 2.45) is 0 Å². The van der Waals surface area contributed by atoms with Crippen molar-refractivity contribution in [3.8, 4) is 5.75 Å². The Hall–Kier alpha value is -1.97. The predicted octanol–water partition coefficient (Wildman–Crippen LogP) is 5.03. The van der Waals surface area contributed by atoms with Crippen LogP contribution < -0.4 is 5.73 Å². The number of nitrogen functional groups attached to an aromatic ring is 1. The summed E-state index contributed by atoms with van der Waals surface area (Å²) >= 11 is 0. The van der Waals surface area contributed by atoms with Crippen LogP contribution in [-0.2, 0) is 0 Å². The number of hydrogen-bond acceptors (Lipinski definition) is 3. The summed E-state index contributed by atoms with van der Waals surface area (Å²) in [5, 5.41) is 19.3. The van der Waals surface area contributed by atoms with Gasteiger partial charge in [-0.25, -0.2) is 4.39 Å². The minimum Gasteiger partial charge on any atom is -0.508 e. The molecule has 1 aromatic carbocycles. The normalized spacial score (nSPS) is 10.9. The molecule has 0 aromatic heterocycles. The van der Waals surface area contributed by atoms with Crippen LogP contribution in [0.1, 0.15) is 47.1 Å². The molecule has 20 heavy (non-hydrogen) atoms. The number of benzene rings is 1. The van der Waals surface area contributed by atoms with E-state index in [2.05, 4.69) is 0 Å². The monoisotopic (exact) mass is 283 g/mol. The molecule has 0 fully saturated rings. The first kappa shape index (κ1) is 20.3. The van der Waals surface area contributed by atoms with Crippen LogP contribution in [0.4, 0.5) is 10.1 Å². The van der Waals surface area contributed by atoms with E-state index in [9.17, 15) is 14.6 Å². The highest BCUT2D eigenvalue weighted by atomic mass is 19.1. The molecule has 1 aromatic rings. The smallest absolute Gasteiger partial charge is 0.149 e. The molecule has 0 saturated carbocycles. The Labute approximate surface area is 121 Å². The number of anilines is 1. The first-order valence-electron chi connectivity index (χ1n) is 6.82. The van der Waals surface area contributed by atoms with E-state index in [0.717, 1.165) is 6.07 Å². The van der Waals surface area contributed by atoms with Crippen molar-refractivity contribution in [2.45, 2.75) is 41.5 Å². The van der Waals surface area contributed by atoms with E-state index in [-0.39, 0.29) is 28.3 Å². The maximum Gasteiger partial charge on any atom is 0.149 e. The molecule has 0 spiro atoms. The summed E-state index contributed by atoms with van der Waals surface area (Å²) in [6, 6.07) is 2.42.